The molecule has 0 saturated carbocycles. The van der Waals surface area contributed by atoms with Gasteiger partial charge in [0.1, 0.15) is 18.2 Å². The third-order valence-corrected chi connectivity index (χ3v) is 2.86. The summed E-state index contributed by atoms with van der Waals surface area (Å²) < 4.78 is 18.5. The molecule has 0 aliphatic heterocycles. The Bertz CT molecular complexity index is 572. The van der Waals surface area contributed by atoms with Gasteiger partial charge in [0, 0.05) is 0 Å². The van der Waals surface area contributed by atoms with Crippen molar-refractivity contribution < 1.29 is 19.2 Å². The molecule has 0 heterocycles. The van der Waals surface area contributed by atoms with Gasteiger partial charge in [-0.15, -0.1) is 0 Å². The summed E-state index contributed by atoms with van der Waals surface area (Å²) >= 11 is 0. The molecule has 19 heavy (non-hydrogen) atoms. The summed E-state index contributed by atoms with van der Waals surface area (Å²) in [6, 6.07) is 11.1. The zero-order valence-electron chi connectivity index (χ0n) is 10.5. The molecule has 0 radical (unpaired) electrons. The number of ether oxygens (including phenoxy) is 1. The predicted molar refractivity (Wildman–Crippen MR) is 71.7 cm³/mol. The molecule has 0 bridgehead atoms. The van der Waals surface area contributed by atoms with Crippen molar-refractivity contribution >= 4 is 12.6 Å². The Kier molecular flexibility index (Phi) is 4.19. The Morgan fingerprint density at radius 3 is 2.63 bits per heavy atom. The van der Waals surface area contributed by atoms with E-state index in [1.165, 1.54) is 12.1 Å². The van der Waals surface area contributed by atoms with Crippen LogP contribution in [0.1, 0.15) is 11.1 Å². The maximum absolute atomic E-state index is 13.0. The van der Waals surface area contributed by atoms with Crippen LogP contribution in [0.2, 0.25) is 0 Å². The Morgan fingerprint density at radius 1 is 1.16 bits per heavy atom. The number of rotatable bonds is 4. The van der Waals surface area contributed by atoms with Crippen LogP contribution in [0.5, 0.6) is 5.75 Å². The van der Waals surface area contributed by atoms with Gasteiger partial charge in [0.25, 0.3) is 0 Å². The lowest BCUT2D eigenvalue weighted by molar-refractivity contribution is 0.305. The monoisotopic (exact) mass is 260 g/mol. The molecule has 0 aliphatic rings. The number of halogens is 1. The summed E-state index contributed by atoms with van der Waals surface area (Å²) in [6.45, 7) is 2.12. The minimum atomic E-state index is -1.52. The van der Waals surface area contributed by atoms with Crippen molar-refractivity contribution in [3.8, 4) is 5.75 Å². The van der Waals surface area contributed by atoms with Gasteiger partial charge in [-0.05, 0) is 47.8 Å². The van der Waals surface area contributed by atoms with Crippen LogP contribution >= 0.6 is 0 Å². The van der Waals surface area contributed by atoms with Gasteiger partial charge in [0.2, 0.25) is 0 Å². The van der Waals surface area contributed by atoms with Gasteiger partial charge < -0.3 is 14.8 Å². The summed E-state index contributed by atoms with van der Waals surface area (Å²) in [6.07, 6.45) is 0. The molecule has 0 atom stereocenters. The van der Waals surface area contributed by atoms with Gasteiger partial charge in [0.15, 0.2) is 0 Å². The summed E-state index contributed by atoms with van der Waals surface area (Å²) in [5, 5.41) is 18.1. The van der Waals surface area contributed by atoms with Crippen LogP contribution in [0, 0.1) is 12.7 Å². The topological polar surface area (TPSA) is 49.7 Å². The fraction of sp³-hybridized carbons (Fsp3) is 0.143. The van der Waals surface area contributed by atoms with E-state index in [-0.39, 0.29) is 5.82 Å². The molecule has 2 N–H and O–H groups in total. The second kappa shape index (κ2) is 5.86. The zero-order valence-corrected chi connectivity index (χ0v) is 10.5. The molecule has 2 aromatic rings. The van der Waals surface area contributed by atoms with Gasteiger partial charge in [-0.3, -0.25) is 0 Å². The molecule has 0 amide bonds. The molecule has 3 nitrogen and oxygen atoms in total. The second-order valence-corrected chi connectivity index (χ2v) is 4.31. The first-order valence-corrected chi connectivity index (χ1v) is 5.90. The first-order chi connectivity index (χ1) is 9.06. The van der Waals surface area contributed by atoms with Crippen molar-refractivity contribution in [2.45, 2.75) is 13.5 Å². The van der Waals surface area contributed by atoms with E-state index in [0.29, 0.717) is 17.8 Å². The van der Waals surface area contributed by atoms with Crippen LogP contribution in [-0.2, 0) is 6.61 Å². The van der Waals surface area contributed by atoms with E-state index in [1.54, 1.807) is 30.3 Å². The first kappa shape index (κ1) is 13.6. The minimum Gasteiger partial charge on any atom is -0.489 e. The van der Waals surface area contributed by atoms with Crippen molar-refractivity contribution in [2.75, 3.05) is 0 Å². The summed E-state index contributed by atoms with van der Waals surface area (Å²) in [5.74, 6) is 0.265. The van der Waals surface area contributed by atoms with Gasteiger partial charge in [-0.1, -0.05) is 18.2 Å². The van der Waals surface area contributed by atoms with Crippen molar-refractivity contribution in [3.05, 3.63) is 59.4 Å². The van der Waals surface area contributed by atoms with Crippen LogP contribution in [-0.4, -0.2) is 17.2 Å². The standard InChI is InChI=1S/C14H14BFO3/c1-10-7-13(16)6-5-11(10)9-19-14-4-2-3-12(8-14)15(17)18/h2-8,17-18H,9H2,1H3. The third-order valence-electron chi connectivity index (χ3n) is 2.86. The molecular formula is C14H14BFO3. The average molecular weight is 260 g/mol. The molecule has 98 valence electrons. The summed E-state index contributed by atoms with van der Waals surface area (Å²) in [7, 11) is -1.52. The summed E-state index contributed by atoms with van der Waals surface area (Å²) in [4.78, 5) is 0. The van der Waals surface area contributed by atoms with Crippen LogP contribution in [0.25, 0.3) is 0 Å². The highest BCUT2D eigenvalue weighted by Gasteiger charge is 2.11. The molecule has 0 spiro atoms. The second-order valence-electron chi connectivity index (χ2n) is 4.31. The molecule has 5 heteroatoms. The van der Waals surface area contributed by atoms with Crippen LogP contribution in [0.3, 0.4) is 0 Å². The normalized spacial score (nSPS) is 10.3. The number of benzene rings is 2. The van der Waals surface area contributed by atoms with Gasteiger partial charge in [-0.25, -0.2) is 4.39 Å². The molecule has 0 fully saturated rings. The van der Waals surface area contributed by atoms with Crippen LogP contribution in [0.4, 0.5) is 4.39 Å². The van der Waals surface area contributed by atoms with E-state index in [1.807, 2.05) is 6.92 Å². The summed E-state index contributed by atoms with van der Waals surface area (Å²) in [5.41, 5.74) is 2.07. The first-order valence-electron chi connectivity index (χ1n) is 5.90. The molecule has 0 unspecified atom stereocenters. The molecular weight excluding hydrogens is 246 g/mol. The van der Waals surface area contributed by atoms with Gasteiger partial charge in [-0.2, -0.15) is 0 Å². The average Bonchev–Trinajstić information content (AvgIpc) is 2.38. The Labute approximate surface area is 111 Å². The Balaban J connectivity index is 2.08. The molecule has 2 aromatic carbocycles. The smallest absolute Gasteiger partial charge is 0.488 e. The van der Waals surface area contributed by atoms with Gasteiger partial charge >= 0.3 is 7.12 Å². The van der Waals surface area contributed by atoms with E-state index < -0.39 is 7.12 Å². The third kappa shape index (κ3) is 3.56. The molecule has 0 aromatic heterocycles. The lowest BCUT2D eigenvalue weighted by atomic mass is 9.80. The van der Waals surface area contributed by atoms with E-state index in [9.17, 15) is 4.39 Å². The fourth-order valence-corrected chi connectivity index (χ4v) is 1.75. The number of hydrogen-bond acceptors (Lipinski definition) is 3. The Hall–Kier alpha value is -1.85. The van der Waals surface area contributed by atoms with Crippen LogP contribution in [0.15, 0.2) is 42.5 Å². The SMILES string of the molecule is Cc1cc(F)ccc1COc1cccc(B(O)O)c1. The Morgan fingerprint density at radius 2 is 1.95 bits per heavy atom. The maximum atomic E-state index is 13.0. The minimum absolute atomic E-state index is 0.272. The predicted octanol–water partition coefficient (Wildman–Crippen LogP) is 1.39. The largest absolute Gasteiger partial charge is 0.489 e. The maximum Gasteiger partial charge on any atom is 0.488 e. The quantitative estimate of drug-likeness (QED) is 0.817. The fourth-order valence-electron chi connectivity index (χ4n) is 1.75. The van der Waals surface area contributed by atoms with E-state index in [0.717, 1.165) is 11.1 Å². The highest BCUT2D eigenvalue weighted by molar-refractivity contribution is 6.58. The highest BCUT2D eigenvalue weighted by atomic mass is 19.1. The van der Waals surface area contributed by atoms with Gasteiger partial charge in [0.05, 0.1) is 0 Å². The molecule has 2 rings (SSSR count). The highest BCUT2D eigenvalue weighted by Crippen LogP contribution is 2.14. The van der Waals surface area contributed by atoms with E-state index in [2.05, 4.69) is 0 Å². The van der Waals surface area contributed by atoms with Crippen molar-refractivity contribution in [1.29, 1.82) is 0 Å². The lowest BCUT2D eigenvalue weighted by Gasteiger charge is -2.10. The van der Waals surface area contributed by atoms with E-state index in [4.69, 9.17) is 14.8 Å². The lowest BCUT2D eigenvalue weighted by Crippen LogP contribution is -2.29. The zero-order chi connectivity index (χ0) is 13.8. The van der Waals surface area contributed by atoms with E-state index >= 15 is 0 Å². The van der Waals surface area contributed by atoms with Crippen molar-refractivity contribution in [3.63, 3.8) is 0 Å². The van der Waals surface area contributed by atoms with Crippen molar-refractivity contribution in [1.82, 2.24) is 0 Å². The molecule has 0 saturated heterocycles. The number of hydrogen-bond donors (Lipinski definition) is 2. The van der Waals surface area contributed by atoms with Crippen molar-refractivity contribution in [2.24, 2.45) is 0 Å². The molecule has 0 aliphatic carbocycles. The van der Waals surface area contributed by atoms with Crippen LogP contribution < -0.4 is 10.2 Å². The number of aryl methyl sites for hydroxylation is 1.